The molecule has 0 saturated heterocycles. The number of benzene rings is 2. The molecule has 0 aliphatic heterocycles. The minimum atomic E-state index is -0.749. The number of esters is 1. The highest BCUT2D eigenvalue weighted by molar-refractivity contribution is 5.81. The van der Waals surface area contributed by atoms with Crippen molar-refractivity contribution in [3.63, 3.8) is 0 Å². The number of rotatable bonds is 7. The smallest absolute Gasteiger partial charge is 0.344 e. The Morgan fingerprint density at radius 3 is 2.42 bits per heavy atom. The number of carbonyl (C=O) groups excluding carboxylic acids is 2. The first-order valence-electron chi connectivity index (χ1n) is 7.43. The molecule has 0 bridgehead atoms. The molecule has 5 nitrogen and oxygen atoms in total. The number of ether oxygens (including phenoxy) is 2. The summed E-state index contributed by atoms with van der Waals surface area (Å²) in [4.78, 5) is 23.3. The minimum absolute atomic E-state index is 0.0448. The lowest BCUT2D eigenvalue weighted by Crippen LogP contribution is -2.31. The summed E-state index contributed by atoms with van der Waals surface area (Å²) < 4.78 is 23.1. The van der Waals surface area contributed by atoms with Gasteiger partial charge in [0.25, 0.3) is 5.91 Å². The van der Waals surface area contributed by atoms with E-state index in [1.54, 1.807) is 6.07 Å². The lowest BCUT2D eigenvalue weighted by molar-refractivity contribution is -0.150. The Bertz CT molecular complexity index is 690. The largest absolute Gasteiger partial charge is 0.479 e. The van der Waals surface area contributed by atoms with Crippen LogP contribution in [0.2, 0.25) is 0 Å². The van der Waals surface area contributed by atoms with Crippen molar-refractivity contribution in [2.45, 2.75) is 13.0 Å². The molecule has 0 heterocycles. The van der Waals surface area contributed by atoms with E-state index >= 15 is 0 Å². The molecule has 6 heteroatoms. The average Bonchev–Trinajstić information content (AvgIpc) is 2.60. The van der Waals surface area contributed by atoms with Gasteiger partial charge in [0.15, 0.2) is 24.8 Å². The first kappa shape index (κ1) is 17.5. The van der Waals surface area contributed by atoms with Gasteiger partial charge in [-0.2, -0.15) is 0 Å². The second-order valence-corrected chi connectivity index (χ2v) is 5.08. The first-order valence-corrected chi connectivity index (χ1v) is 7.43. The standard InChI is InChI=1S/C18H18FNO4/c1-13(14-7-3-2-4-8-14)20-17(21)11-24-18(22)12-23-16-10-6-5-9-15(16)19/h2-10,13H,11-12H2,1H3,(H,20,21). The van der Waals surface area contributed by atoms with Gasteiger partial charge in [-0.05, 0) is 24.6 Å². The zero-order valence-electron chi connectivity index (χ0n) is 13.2. The summed E-state index contributed by atoms with van der Waals surface area (Å²) in [6, 6.07) is 14.9. The van der Waals surface area contributed by atoms with Gasteiger partial charge in [0.1, 0.15) is 0 Å². The Morgan fingerprint density at radius 2 is 1.71 bits per heavy atom. The summed E-state index contributed by atoms with van der Waals surface area (Å²) in [6.07, 6.45) is 0. The highest BCUT2D eigenvalue weighted by Crippen LogP contribution is 2.15. The number of halogens is 1. The Balaban J connectivity index is 1.71. The number of amides is 1. The summed E-state index contributed by atoms with van der Waals surface area (Å²) in [7, 11) is 0. The lowest BCUT2D eigenvalue weighted by Gasteiger charge is -2.14. The van der Waals surface area contributed by atoms with Crippen molar-refractivity contribution in [3.8, 4) is 5.75 Å². The number of carbonyl (C=O) groups is 2. The molecule has 0 aromatic heterocycles. The van der Waals surface area contributed by atoms with E-state index in [0.29, 0.717) is 0 Å². The van der Waals surface area contributed by atoms with E-state index in [1.165, 1.54) is 18.2 Å². The van der Waals surface area contributed by atoms with Crippen LogP contribution in [0.5, 0.6) is 5.75 Å². The summed E-state index contributed by atoms with van der Waals surface area (Å²) in [6.45, 7) is 0.940. The molecule has 24 heavy (non-hydrogen) atoms. The van der Waals surface area contributed by atoms with Crippen molar-refractivity contribution in [2.75, 3.05) is 13.2 Å². The maximum atomic E-state index is 13.3. The van der Waals surface area contributed by atoms with E-state index in [-0.39, 0.29) is 11.8 Å². The number of para-hydroxylation sites is 1. The molecule has 1 N–H and O–H groups in total. The molecule has 2 aromatic carbocycles. The van der Waals surface area contributed by atoms with Crippen LogP contribution in [0.15, 0.2) is 54.6 Å². The third-order valence-corrected chi connectivity index (χ3v) is 3.22. The highest BCUT2D eigenvalue weighted by atomic mass is 19.1. The van der Waals surface area contributed by atoms with E-state index < -0.39 is 30.9 Å². The van der Waals surface area contributed by atoms with E-state index in [1.807, 2.05) is 37.3 Å². The molecule has 0 aliphatic carbocycles. The monoisotopic (exact) mass is 331 g/mol. The maximum Gasteiger partial charge on any atom is 0.344 e. The third-order valence-electron chi connectivity index (χ3n) is 3.22. The zero-order valence-corrected chi connectivity index (χ0v) is 13.2. The van der Waals surface area contributed by atoms with Crippen LogP contribution in [-0.4, -0.2) is 25.1 Å². The van der Waals surface area contributed by atoms with Gasteiger partial charge in [-0.1, -0.05) is 42.5 Å². The summed E-state index contributed by atoms with van der Waals surface area (Å²) >= 11 is 0. The van der Waals surface area contributed by atoms with Gasteiger partial charge in [-0.25, -0.2) is 9.18 Å². The highest BCUT2D eigenvalue weighted by Gasteiger charge is 2.12. The maximum absolute atomic E-state index is 13.3. The van der Waals surface area contributed by atoms with E-state index in [9.17, 15) is 14.0 Å². The Labute approximate surface area is 139 Å². The summed E-state index contributed by atoms with van der Waals surface area (Å²) in [5.41, 5.74) is 0.945. The van der Waals surface area contributed by atoms with Gasteiger partial charge >= 0.3 is 5.97 Å². The normalized spacial score (nSPS) is 11.4. The molecule has 1 atom stereocenters. The first-order chi connectivity index (χ1) is 11.6. The number of hydrogen-bond donors (Lipinski definition) is 1. The Kier molecular flexibility index (Phi) is 6.31. The molecule has 0 radical (unpaired) electrons. The van der Waals surface area contributed by atoms with Crippen LogP contribution in [-0.2, 0) is 14.3 Å². The predicted octanol–water partition coefficient (Wildman–Crippen LogP) is 2.63. The van der Waals surface area contributed by atoms with Gasteiger partial charge in [0.2, 0.25) is 0 Å². The van der Waals surface area contributed by atoms with Crippen molar-refractivity contribution >= 4 is 11.9 Å². The second kappa shape index (κ2) is 8.67. The Hall–Kier alpha value is -2.89. The van der Waals surface area contributed by atoms with Crippen molar-refractivity contribution < 1.29 is 23.5 Å². The molecular weight excluding hydrogens is 313 g/mol. The zero-order chi connectivity index (χ0) is 17.4. The van der Waals surface area contributed by atoms with Gasteiger partial charge in [0, 0.05) is 0 Å². The van der Waals surface area contributed by atoms with Gasteiger partial charge in [-0.15, -0.1) is 0 Å². The third kappa shape index (κ3) is 5.39. The van der Waals surface area contributed by atoms with Crippen LogP contribution >= 0.6 is 0 Å². The molecule has 0 spiro atoms. The van der Waals surface area contributed by atoms with Crippen molar-refractivity contribution in [2.24, 2.45) is 0 Å². The molecule has 0 saturated carbocycles. The fraction of sp³-hybridized carbons (Fsp3) is 0.222. The van der Waals surface area contributed by atoms with E-state index in [4.69, 9.17) is 9.47 Å². The lowest BCUT2D eigenvalue weighted by atomic mass is 10.1. The molecule has 1 amide bonds. The fourth-order valence-corrected chi connectivity index (χ4v) is 1.99. The Morgan fingerprint density at radius 1 is 1.04 bits per heavy atom. The molecule has 2 aromatic rings. The molecule has 0 aliphatic rings. The molecule has 126 valence electrons. The van der Waals surface area contributed by atoms with Crippen molar-refractivity contribution in [3.05, 3.63) is 66.0 Å². The summed E-state index contributed by atoms with van der Waals surface area (Å²) in [5.74, 6) is -1.79. The number of nitrogens with one attached hydrogen (secondary N) is 1. The van der Waals surface area contributed by atoms with Crippen molar-refractivity contribution in [1.82, 2.24) is 5.32 Å². The molecule has 1 unspecified atom stereocenters. The minimum Gasteiger partial charge on any atom is -0.479 e. The van der Waals surface area contributed by atoms with Gasteiger partial charge in [-0.3, -0.25) is 4.79 Å². The molecule has 0 fully saturated rings. The SMILES string of the molecule is CC(NC(=O)COC(=O)COc1ccccc1F)c1ccccc1. The van der Waals surface area contributed by atoms with Crippen LogP contribution < -0.4 is 10.1 Å². The average molecular weight is 331 g/mol. The predicted molar refractivity (Wildman–Crippen MR) is 85.9 cm³/mol. The second-order valence-electron chi connectivity index (χ2n) is 5.08. The van der Waals surface area contributed by atoms with E-state index in [2.05, 4.69) is 5.32 Å². The topological polar surface area (TPSA) is 64.6 Å². The van der Waals surface area contributed by atoms with Gasteiger partial charge < -0.3 is 14.8 Å². The molecular formula is C18H18FNO4. The van der Waals surface area contributed by atoms with Crippen LogP contribution in [0.1, 0.15) is 18.5 Å². The van der Waals surface area contributed by atoms with Gasteiger partial charge in [0.05, 0.1) is 6.04 Å². The van der Waals surface area contributed by atoms with E-state index in [0.717, 1.165) is 5.56 Å². The molecule has 2 rings (SSSR count). The van der Waals surface area contributed by atoms with Crippen LogP contribution in [0.3, 0.4) is 0 Å². The van der Waals surface area contributed by atoms with Crippen molar-refractivity contribution in [1.29, 1.82) is 0 Å². The fourth-order valence-electron chi connectivity index (χ4n) is 1.99. The van der Waals surface area contributed by atoms with Crippen LogP contribution in [0, 0.1) is 5.82 Å². The van der Waals surface area contributed by atoms with Crippen LogP contribution in [0.4, 0.5) is 4.39 Å². The van der Waals surface area contributed by atoms with Crippen LogP contribution in [0.25, 0.3) is 0 Å². The number of hydrogen-bond acceptors (Lipinski definition) is 4. The quantitative estimate of drug-likeness (QED) is 0.792. The summed E-state index contributed by atoms with van der Waals surface area (Å²) in [5, 5.41) is 2.72.